The van der Waals surface area contributed by atoms with Crippen molar-refractivity contribution in [3.8, 4) is 0 Å². The molecule has 0 unspecified atom stereocenters. The molecule has 0 aliphatic heterocycles. The molecule has 4 heteroatoms. The standard InChI is InChI=1S/C14H16N2O2/c1-10(2)16-12(9-13(17)15-14(16)18)8-11-6-4-3-5-7-11/h3-7,9-10H,8H2,1-2H3,(H,15,17,18). The van der Waals surface area contributed by atoms with E-state index in [1.54, 1.807) is 4.57 Å². The normalized spacial score (nSPS) is 10.8. The number of hydrogen-bond acceptors (Lipinski definition) is 2. The topological polar surface area (TPSA) is 54.9 Å². The monoisotopic (exact) mass is 244 g/mol. The number of aromatic amines is 1. The summed E-state index contributed by atoms with van der Waals surface area (Å²) in [5.41, 5.74) is 1.13. The molecule has 0 atom stereocenters. The lowest BCUT2D eigenvalue weighted by Gasteiger charge is -2.15. The summed E-state index contributed by atoms with van der Waals surface area (Å²) < 4.78 is 1.62. The molecular weight excluding hydrogens is 228 g/mol. The number of hydrogen-bond donors (Lipinski definition) is 1. The van der Waals surface area contributed by atoms with Crippen LogP contribution in [0, 0.1) is 0 Å². The maximum absolute atomic E-state index is 11.8. The summed E-state index contributed by atoms with van der Waals surface area (Å²) in [6, 6.07) is 11.3. The number of rotatable bonds is 3. The fourth-order valence-corrected chi connectivity index (χ4v) is 2.06. The molecule has 1 heterocycles. The average Bonchev–Trinajstić information content (AvgIpc) is 2.28. The molecule has 2 aromatic rings. The molecule has 0 aliphatic carbocycles. The van der Waals surface area contributed by atoms with Crippen molar-refractivity contribution in [3.05, 3.63) is 68.5 Å². The number of nitrogens with zero attached hydrogens (tertiary/aromatic N) is 1. The molecule has 0 aliphatic rings. The number of aromatic nitrogens is 2. The second-order valence-electron chi connectivity index (χ2n) is 4.56. The molecule has 1 aromatic heterocycles. The van der Waals surface area contributed by atoms with Gasteiger partial charge in [0.05, 0.1) is 0 Å². The van der Waals surface area contributed by atoms with Crippen LogP contribution in [-0.2, 0) is 6.42 Å². The van der Waals surface area contributed by atoms with Crippen LogP contribution in [0.15, 0.2) is 46.0 Å². The lowest BCUT2D eigenvalue weighted by Crippen LogP contribution is -2.33. The average molecular weight is 244 g/mol. The molecule has 1 aromatic carbocycles. The van der Waals surface area contributed by atoms with Crippen molar-refractivity contribution in [2.75, 3.05) is 0 Å². The van der Waals surface area contributed by atoms with E-state index in [0.29, 0.717) is 6.42 Å². The van der Waals surface area contributed by atoms with Gasteiger partial charge in [-0.2, -0.15) is 0 Å². The van der Waals surface area contributed by atoms with Gasteiger partial charge in [0.25, 0.3) is 5.56 Å². The highest BCUT2D eigenvalue weighted by atomic mass is 16.2. The van der Waals surface area contributed by atoms with Crippen molar-refractivity contribution < 1.29 is 0 Å². The zero-order valence-electron chi connectivity index (χ0n) is 10.5. The Morgan fingerprint density at radius 2 is 1.83 bits per heavy atom. The molecule has 2 rings (SSSR count). The Morgan fingerprint density at radius 3 is 2.44 bits per heavy atom. The second kappa shape index (κ2) is 5.04. The first kappa shape index (κ1) is 12.4. The number of H-pyrrole nitrogens is 1. The van der Waals surface area contributed by atoms with Gasteiger partial charge in [0.2, 0.25) is 0 Å². The van der Waals surface area contributed by atoms with Gasteiger partial charge in [-0.3, -0.25) is 14.3 Å². The lowest BCUT2D eigenvalue weighted by atomic mass is 10.1. The molecule has 0 saturated heterocycles. The van der Waals surface area contributed by atoms with Crippen LogP contribution >= 0.6 is 0 Å². The number of benzene rings is 1. The Morgan fingerprint density at radius 1 is 1.17 bits per heavy atom. The van der Waals surface area contributed by atoms with Gasteiger partial charge in [-0.05, 0) is 19.4 Å². The van der Waals surface area contributed by atoms with Crippen molar-refractivity contribution >= 4 is 0 Å². The molecule has 18 heavy (non-hydrogen) atoms. The maximum Gasteiger partial charge on any atom is 0.328 e. The Hall–Kier alpha value is -2.10. The zero-order valence-corrected chi connectivity index (χ0v) is 10.5. The van der Waals surface area contributed by atoms with Crippen molar-refractivity contribution in [1.29, 1.82) is 0 Å². The highest BCUT2D eigenvalue weighted by Gasteiger charge is 2.09. The van der Waals surface area contributed by atoms with Crippen LogP contribution in [0.5, 0.6) is 0 Å². The molecule has 0 radical (unpaired) electrons. The van der Waals surface area contributed by atoms with Gasteiger partial charge in [0.15, 0.2) is 0 Å². The summed E-state index contributed by atoms with van der Waals surface area (Å²) in [4.78, 5) is 25.5. The van der Waals surface area contributed by atoms with E-state index in [0.717, 1.165) is 11.3 Å². The van der Waals surface area contributed by atoms with Crippen LogP contribution in [0.2, 0.25) is 0 Å². The molecule has 94 valence electrons. The van der Waals surface area contributed by atoms with Gasteiger partial charge in [-0.25, -0.2) is 4.79 Å². The minimum absolute atomic E-state index is 0.0214. The third-order valence-electron chi connectivity index (χ3n) is 2.80. The van der Waals surface area contributed by atoms with E-state index in [4.69, 9.17) is 0 Å². The van der Waals surface area contributed by atoms with Crippen LogP contribution in [0.4, 0.5) is 0 Å². The molecule has 0 bridgehead atoms. The van der Waals surface area contributed by atoms with Crippen molar-refractivity contribution in [1.82, 2.24) is 9.55 Å². The van der Waals surface area contributed by atoms with E-state index in [1.165, 1.54) is 6.07 Å². The summed E-state index contributed by atoms with van der Waals surface area (Å²) >= 11 is 0. The zero-order chi connectivity index (χ0) is 13.1. The third kappa shape index (κ3) is 2.59. The van der Waals surface area contributed by atoms with Crippen LogP contribution in [0.3, 0.4) is 0 Å². The second-order valence-corrected chi connectivity index (χ2v) is 4.56. The van der Waals surface area contributed by atoms with Crippen molar-refractivity contribution in [3.63, 3.8) is 0 Å². The Kier molecular flexibility index (Phi) is 3.46. The number of nitrogens with one attached hydrogen (secondary N) is 1. The van der Waals surface area contributed by atoms with Crippen molar-refractivity contribution in [2.24, 2.45) is 0 Å². The first-order valence-electron chi connectivity index (χ1n) is 5.96. The molecule has 0 fully saturated rings. The Bertz CT molecular complexity index is 639. The minimum Gasteiger partial charge on any atom is -0.295 e. The highest BCUT2D eigenvalue weighted by molar-refractivity contribution is 5.21. The fraction of sp³-hybridized carbons (Fsp3) is 0.286. The summed E-state index contributed by atoms with van der Waals surface area (Å²) in [5, 5.41) is 0. The van der Waals surface area contributed by atoms with Gasteiger partial charge in [-0.1, -0.05) is 30.3 Å². The van der Waals surface area contributed by atoms with Gasteiger partial charge in [0, 0.05) is 24.2 Å². The smallest absolute Gasteiger partial charge is 0.295 e. The molecule has 0 amide bonds. The summed E-state index contributed by atoms with van der Waals surface area (Å²) in [6.45, 7) is 3.85. The SMILES string of the molecule is CC(C)n1c(Cc2ccccc2)cc(=O)[nH]c1=O. The van der Waals surface area contributed by atoms with Gasteiger partial charge < -0.3 is 0 Å². The van der Waals surface area contributed by atoms with E-state index in [1.807, 2.05) is 44.2 Å². The van der Waals surface area contributed by atoms with Crippen LogP contribution < -0.4 is 11.2 Å². The van der Waals surface area contributed by atoms with Gasteiger partial charge >= 0.3 is 5.69 Å². The van der Waals surface area contributed by atoms with E-state index in [-0.39, 0.29) is 17.3 Å². The predicted octanol–water partition coefficient (Wildman–Crippen LogP) is 1.71. The Balaban J connectivity index is 2.50. The summed E-state index contributed by atoms with van der Waals surface area (Å²) in [5.74, 6) is 0. The third-order valence-corrected chi connectivity index (χ3v) is 2.80. The van der Waals surface area contributed by atoms with Gasteiger partial charge in [0.1, 0.15) is 0 Å². The molecule has 0 saturated carbocycles. The van der Waals surface area contributed by atoms with Crippen LogP contribution in [0.1, 0.15) is 31.1 Å². The van der Waals surface area contributed by atoms with Crippen LogP contribution in [0.25, 0.3) is 0 Å². The quantitative estimate of drug-likeness (QED) is 0.893. The predicted molar refractivity (Wildman–Crippen MR) is 71.0 cm³/mol. The van der Waals surface area contributed by atoms with E-state index in [2.05, 4.69) is 4.98 Å². The highest BCUT2D eigenvalue weighted by Crippen LogP contribution is 2.10. The summed E-state index contributed by atoms with van der Waals surface area (Å²) in [6.07, 6.45) is 0.582. The largest absolute Gasteiger partial charge is 0.328 e. The lowest BCUT2D eigenvalue weighted by molar-refractivity contribution is 0.539. The van der Waals surface area contributed by atoms with E-state index >= 15 is 0 Å². The molecule has 0 spiro atoms. The van der Waals surface area contributed by atoms with E-state index in [9.17, 15) is 9.59 Å². The van der Waals surface area contributed by atoms with Gasteiger partial charge in [-0.15, -0.1) is 0 Å². The molecule has 4 nitrogen and oxygen atoms in total. The first-order chi connectivity index (χ1) is 8.58. The van der Waals surface area contributed by atoms with Crippen molar-refractivity contribution in [2.45, 2.75) is 26.3 Å². The van der Waals surface area contributed by atoms with E-state index < -0.39 is 0 Å². The minimum atomic E-state index is -0.345. The first-order valence-corrected chi connectivity index (χ1v) is 5.96. The molecule has 1 N–H and O–H groups in total. The Labute approximate surface area is 105 Å². The maximum atomic E-state index is 11.8. The fourth-order valence-electron chi connectivity index (χ4n) is 2.06. The molecular formula is C14H16N2O2. The summed E-state index contributed by atoms with van der Waals surface area (Å²) in [7, 11) is 0. The van der Waals surface area contributed by atoms with Crippen LogP contribution in [-0.4, -0.2) is 9.55 Å².